The first-order valence-electron chi connectivity index (χ1n) is 6.78. The zero-order chi connectivity index (χ0) is 16.3. The van der Waals surface area contributed by atoms with E-state index in [0.29, 0.717) is 10.4 Å². The molecule has 1 N–H and O–H groups in total. The fourth-order valence-corrected chi connectivity index (χ4v) is 5.03. The lowest BCUT2D eigenvalue weighted by Gasteiger charge is -2.02. The minimum absolute atomic E-state index is 0.0528. The van der Waals surface area contributed by atoms with E-state index >= 15 is 0 Å². The second kappa shape index (κ2) is 6.76. The molecule has 0 unspecified atom stereocenters. The van der Waals surface area contributed by atoms with Crippen LogP contribution < -0.4 is 4.72 Å². The van der Waals surface area contributed by atoms with Crippen LogP contribution in [0.15, 0.2) is 64.2 Å². The molecule has 0 aliphatic rings. The Balaban J connectivity index is 1.70. The van der Waals surface area contributed by atoms with E-state index in [4.69, 9.17) is 0 Å². The van der Waals surface area contributed by atoms with Crippen LogP contribution >= 0.6 is 22.7 Å². The van der Waals surface area contributed by atoms with Crippen molar-refractivity contribution in [2.75, 3.05) is 0 Å². The molecule has 23 heavy (non-hydrogen) atoms. The van der Waals surface area contributed by atoms with E-state index < -0.39 is 10.0 Å². The molecular weight excluding hydrogens is 350 g/mol. The number of rotatable bonds is 6. The van der Waals surface area contributed by atoms with Crippen molar-refractivity contribution in [1.82, 2.24) is 4.72 Å². The largest absolute Gasteiger partial charge is 0.288 e. The van der Waals surface area contributed by atoms with Gasteiger partial charge in [-0.2, -0.15) is 0 Å². The molecule has 1 aromatic carbocycles. The molecule has 0 saturated heterocycles. The Bertz CT molecular complexity index is 897. The number of hydrogen-bond acceptors (Lipinski definition) is 5. The summed E-state index contributed by atoms with van der Waals surface area (Å²) in [5.41, 5.74) is 0.625. The van der Waals surface area contributed by atoms with Crippen molar-refractivity contribution in [3.05, 3.63) is 75.3 Å². The lowest BCUT2D eigenvalue weighted by atomic mass is 10.1. The molecule has 7 heteroatoms. The summed E-state index contributed by atoms with van der Waals surface area (Å²) in [6, 6.07) is 15.8. The molecule has 0 aliphatic heterocycles. The molecular formula is C16H13NO3S3. The van der Waals surface area contributed by atoms with Crippen LogP contribution in [-0.4, -0.2) is 14.2 Å². The average molecular weight is 363 g/mol. The van der Waals surface area contributed by atoms with E-state index in [-0.39, 0.29) is 16.5 Å². The molecule has 3 aromatic rings. The maximum absolute atomic E-state index is 12.3. The molecule has 0 amide bonds. The summed E-state index contributed by atoms with van der Waals surface area (Å²) in [5.74, 6) is -0.0528. The molecule has 0 spiro atoms. The van der Waals surface area contributed by atoms with Gasteiger partial charge in [-0.15, -0.1) is 22.7 Å². The van der Waals surface area contributed by atoms with Crippen LogP contribution in [0.3, 0.4) is 0 Å². The maximum atomic E-state index is 12.3. The van der Waals surface area contributed by atoms with Gasteiger partial charge >= 0.3 is 0 Å². The highest BCUT2D eigenvalue weighted by Gasteiger charge is 2.16. The number of thiophene rings is 2. The topological polar surface area (TPSA) is 63.2 Å². The summed E-state index contributed by atoms with van der Waals surface area (Å²) in [4.78, 5) is 13.7. The van der Waals surface area contributed by atoms with Gasteiger partial charge in [-0.05, 0) is 23.6 Å². The first-order valence-corrected chi connectivity index (χ1v) is 9.96. The third kappa shape index (κ3) is 3.76. The predicted molar refractivity (Wildman–Crippen MR) is 92.5 cm³/mol. The van der Waals surface area contributed by atoms with Crippen LogP contribution in [0.25, 0.3) is 0 Å². The van der Waals surface area contributed by atoms with Crippen molar-refractivity contribution in [3.8, 4) is 0 Å². The van der Waals surface area contributed by atoms with Crippen LogP contribution in [0.2, 0.25) is 0 Å². The summed E-state index contributed by atoms with van der Waals surface area (Å²) in [6.07, 6.45) is 0. The molecule has 4 nitrogen and oxygen atoms in total. The smallest absolute Gasteiger partial charge is 0.250 e. The van der Waals surface area contributed by atoms with Gasteiger partial charge in [0, 0.05) is 17.0 Å². The SMILES string of the molecule is O=C(c1ccccc1)c1ccc(CNS(=O)(=O)c2cccs2)s1. The zero-order valence-electron chi connectivity index (χ0n) is 11.9. The molecule has 0 radical (unpaired) electrons. The van der Waals surface area contributed by atoms with Gasteiger partial charge in [0.1, 0.15) is 4.21 Å². The van der Waals surface area contributed by atoms with E-state index in [9.17, 15) is 13.2 Å². The number of sulfonamides is 1. The summed E-state index contributed by atoms with van der Waals surface area (Å²) < 4.78 is 27.0. The van der Waals surface area contributed by atoms with E-state index in [1.165, 1.54) is 22.7 Å². The summed E-state index contributed by atoms with van der Waals surface area (Å²) in [6.45, 7) is 0.174. The summed E-state index contributed by atoms with van der Waals surface area (Å²) in [7, 11) is -3.49. The predicted octanol–water partition coefficient (Wildman–Crippen LogP) is 3.52. The number of hydrogen-bond donors (Lipinski definition) is 1. The Morgan fingerprint density at radius 1 is 1.00 bits per heavy atom. The summed E-state index contributed by atoms with van der Waals surface area (Å²) in [5, 5.41) is 1.72. The van der Waals surface area contributed by atoms with Crippen molar-refractivity contribution in [1.29, 1.82) is 0 Å². The fourth-order valence-electron chi connectivity index (χ4n) is 1.98. The van der Waals surface area contributed by atoms with Crippen molar-refractivity contribution in [2.24, 2.45) is 0 Å². The standard InChI is InChI=1S/C16H13NO3S3/c18-16(12-5-2-1-3-6-12)14-9-8-13(22-14)11-17-23(19,20)15-7-4-10-21-15/h1-10,17H,11H2. The number of benzene rings is 1. The molecule has 2 heterocycles. The molecule has 118 valence electrons. The molecule has 0 saturated carbocycles. The highest BCUT2D eigenvalue weighted by atomic mass is 32.2. The lowest BCUT2D eigenvalue weighted by molar-refractivity contribution is 0.104. The van der Waals surface area contributed by atoms with Gasteiger partial charge in [-0.25, -0.2) is 13.1 Å². The van der Waals surface area contributed by atoms with Gasteiger partial charge in [-0.3, -0.25) is 4.79 Å². The maximum Gasteiger partial charge on any atom is 0.250 e. The first-order chi connectivity index (χ1) is 11.1. The molecule has 0 atom stereocenters. The number of carbonyl (C=O) groups excluding carboxylic acids is 1. The van der Waals surface area contributed by atoms with Crippen LogP contribution in [-0.2, 0) is 16.6 Å². The van der Waals surface area contributed by atoms with Gasteiger partial charge in [-0.1, -0.05) is 36.4 Å². The van der Waals surface area contributed by atoms with Crippen molar-refractivity contribution >= 4 is 38.5 Å². The number of carbonyl (C=O) groups is 1. The Kier molecular flexibility index (Phi) is 4.72. The Hall–Kier alpha value is -1.80. The van der Waals surface area contributed by atoms with Crippen LogP contribution in [0, 0.1) is 0 Å². The highest BCUT2D eigenvalue weighted by molar-refractivity contribution is 7.91. The van der Waals surface area contributed by atoms with E-state index in [1.54, 1.807) is 41.8 Å². The highest BCUT2D eigenvalue weighted by Crippen LogP contribution is 2.21. The van der Waals surface area contributed by atoms with Crippen LogP contribution in [0.1, 0.15) is 20.1 Å². The van der Waals surface area contributed by atoms with E-state index in [0.717, 1.165) is 4.88 Å². The van der Waals surface area contributed by atoms with Gasteiger partial charge in [0.05, 0.1) is 4.88 Å². The number of nitrogens with one attached hydrogen (secondary N) is 1. The molecule has 3 rings (SSSR count). The second-order valence-corrected chi connectivity index (χ2v) is 8.83. The first kappa shape index (κ1) is 16.1. The minimum Gasteiger partial charge on any atom is -0.288 e. The second-order valence-electron chi connectivity index (χ2n) is 4.72. The van der Waals surface area contributed by atoms with Crippen LogP contribution in [0.5, 0.6) is 0 Å². The Labute approximate surface area is 142 Å². The molecule has 0 bridgehead atoms. The van der Waals surface area contributed by atoms with Gasteiger partial charge in [0.25, 0.3) is 0 Å². The lowest BCUT2D eigenvalue weighted by Crippen LogP contribution is -2.21. The monoisotopic (exact) mass is 363 g/mol. The Morgan fingerprint density at radius 3 is 2.48 bits per heavy atom. The minimum atomic E-state index is -3.49. The Morgan fingerprint density at radius 2 is 1.78 bits per heavy atom. The molecule has 2 aromatic heterocycles. The molecule has 0 fully saturated rings. The quantitative estimate of drug-likeness (QED) is 0.682. The van der Waals surface area contributed by atoms with Crippen molar-refractivity contribution in [2.45, 2.75) is 10.8 Å². The van der Waals surface area contributed by atoms with E-state index in [2.05, 4.69) is 4.72 Å². The van der Waals surface area contributed by atoms with Crippen molar-refractivity contribution in [3.63, 3.8) is 0 Å². The van der Waals surface area contributed by atoms with Crippen LogP contribution in [0.4, 0.5) is 0 Å². The normalized spacial score (nSPS) is 11.5. The summed E-state index contributed by atoms with van der Waals surface area (Å²) >= 11 is 2.47. The van der Waals surface area contributed by atoms with Crippen molar-refractivity contribution < 1.29 is 13.2 Å². The third-order valence-electron chi connectivity index (χ3n) is 3.12. The van der Waals surface area contributed by atoms with E-state index in [1.807, 2.05) is 18.2 Å². The van der Waals surface area contributed by atoms with Gasteiger partial charge in [0.15, 0.2) is 0 Å². The fraction of sp³-hybridized carbons (Fsp3) is 0.0625. The average Bonchev–Trinajstić information content (AvgIpc) is 3.25. The molecule has 0 aliphatic carbocycles. The number of ketones is 1. The van der Waals surface area contributed by atoms with Gasteiger partial charge in [0.2, 0.25) is 15.8 Å². The van der Waals surface area contributed by atoms with Gasteiger partial charge < -0.3 is 0 Å². The zero-order valence-corrected chi connectivity index (χ0v) is 14.4. The third-order valence-corrected chi connectivity index (χ3v) is 7.00.